The van der Waals surface area contributed by atoms with Crippen LogP contribution in [0.25, 0.3) is 16.9 Å². The van der Waals surface area contributed by atoms with Crippen LogP contribution in [0.5, 0.6) is 5.75 Å². The minimum Gasteiger partial charge on any atom is -0.497 e. The van der Waals surface area contributed by atoms with Crippen molar-refractivity contribution in [3.05, 3.63) is 96.4 Å². The number of anilines is 1. The first-order chi connectivity index (χ1) is 19.5. The number of carbonyl (C=O) groups excluding carboxylic acids is 2. The molecule has 1 atom stereocenters. The van der Waals surface area contributed by atoms with Gasteiger partial charge in [-0.2, -0.15) is 0 Å². The molecule has 206 valence electrons. The molecule has 1 aliphatic rings. The number of nitrogens with one attached hydrogen (secondary N) is 1. The van der Waals surface area contributed by atoms with Crippen LogP contribution in [-0.2, 0) is 20.7 Å². The number of aromatic nitrogens is 2. The van der Waals surface area contributed by atoms with Crippen molar-refractivity contribution in [3.8, 4) is 22.7 Å². The third-order valence-corrected chi connectivity index (χ3v) is 6.78. The van der Waals surface area contributed by atoms with Crippen molar-refractivity contribution in [2.45, 2.75) is 25.4 Å². The number of ether oxygens (including phenoxy) is 2. The first kappa shape index (κ1) is 27.1. The summed E-state index contributed by atoms with van der Waals surface area (Å²) in [5.41, 5.74) is 2.93. The van der Waals surface area contributed by atoms with E-state index in [1.807, 2.05) is 54.6 Å². The quantitative estimate of drug-likeness (QED) is 0.309. The summed E-state index contributed by atoms with van der Waals surface area (Å²) in [4.78, 5) is 32.8. The van der Waals surface area contributed by atoms with Crippen LogP contribution in [0.1, 0.15) is 18.4 Å². The van der Waals surface area contributed by atoms with E-state index in [4.69, 9.17) is 9.47 Å². The standard InChI is InChI=1S/C31H31FN4O4/c1-39-26-15-9-23(10-16-26)28-20-36(25-13-11-24(32)12-14-25)31(33-28)34-29(37)21-35(19-27-8-5-17-40-27)30(38)18-22-6-3-2-4-7-22/h2-4,6-7,9-16,20,27H,5,8,17-19,21H2,1H3,(H,33,34,37). The zero-order chi connectivity index (χ0) is 27.9. The zero-order valence-corrected chi connectivity index (χ0v) is 22.3. The number of hydrogen-bond donors (Lipinski definition) is 1. The van der Waals surface area contributed by atoms with Gasteiger partial charge in [-0.05, 0) is 66.9 Å². The molecule has 0 spiro atoms. The van der Waals surface area contributed by atoms with E-state index < -0.39 is 5.91 Å². The Labute approximate surface area is 232 Å². The van der Waals surface area contributed by atoms with Gasteiger partial charge in [-0.3, -0.25) is 19.5 Å². The van der Waals surface area contributed by atoms with E-state index in [9.17, 15) is 14.0 Å². The molecule has 1 unspecified atom stereocenters. The lowest BCUT2D eigenvalue weighted by molar-refractivity contribution is -0.135. The summed E-state index contributed by atoms with van der Waals surface area (Å²) in [5.74, 6) is 0.0515. The van der Waals surface area contributed by atoms with E-state index in [0.29, 0.717) is 30.3 Å². The van der Waals surface area contributed by atoms with Crippen LogP contribution >= 0.6 is 0 Å². The molecule has 9 heteroatoms. The largest absolute Gasteiger partial charge is 0.497 e. The highest BCUT2D eigenvalue weighted by atomic mass is 19.1. The molecule has 4 aromatic rings. The Kier molecular flexibility index (Phi) is 8.51. The Hall–Kier alpha value is -4.50. The molecule has 1 aliphatic heterocycles. The number of halogens is 1. The van der Waals surface area contributed by atoms with Crippen molar-refractivity contribution < 1.29 is 23.5 Å². The van der Waals surface area contributed by atoms with Crippen molar-refractivity contribution in [2.75, 3.05) is 32.1 Å². The smallest absolute Gasteiger partial charge is 0.246 e. The third-order valence-electron chi connectivity index (χ3n) is 6.78. The molecule has 5 rings (SSSR count). The molecule has 0 bridgehead atoms. The Bertz CT molecular complexity index is 1430. The molecule has 3 aromatic carbocycles. The fourth-order valence-electron chi connectivity index (χ4n) is 4.68. The second kappa shape index (κ2) is 12.6. The Morgan fingerprint density at radius 1 is 1.07 bits per heavy atom. The lowest BCUT2D eigenvalue weighted by atomic mass is 10.1. The van der Waals surface area contributed by atoms with Gasteiger partial charge in [0.05, 0.1) is 25.3 Å². The maximum absolute atomic E-state index is 13.6. The minimum atomic E-state index is -0.394. The highest BCUT2D eigenvalue weighted by Crippen LogP contribution is 2.26. The van der Waals surface area contributed by atoms with Gasteiger partial charge in [0.15, 0.2) is 0 Å². The molecule has 0 saturated carbocycles. The summed E-state index contributed by atoms with van der Waals surface area (Å²) in [6.45, 7) is 0.836. The second-order valence-corrected chi connectivity index (χ2v) is 9.64. The van der Waals surface area contributed by atoms with E-state index in [1.54, 1.807) is 34.9 Å². The summed E-state index contributed by atoms with van der Waals surface area (Å²) < 4.78 is 26.3. The van der Waals surface area contributed by atoms with E-state index in [2.05, 4.69) is 10.3 Å². The van der Waals surface area contributed by atoms with Crippen LogP contribution in [0, 0.1) is 5.82 Å². The number of methoxy groups -OCH3 is 1. The summed E-state index contributed by atoms with van der Waals surface area (Å²) in [5, 5.41) is 2.87. The summed E-state index contributed by atoms with van der Waals surface area (Å²) >= 11 is 0. The summed E-state index contributed by atoms with van der Waals surface area (Å²) in [6.07, 6.45) is 3.63. The van der Waals surface area contributed by atoms with Gasteiger partial charge < -0.3 is 14.4 Å². The predicted molar refractivity (Wildman–Crippen MR) is 150 cm³/mol. The van der Waals surface area contributed by atoms with E-state index in [1.165, 1.54) is 12.1 Å². The lowest BCUT2D eigenvalue weighted by Crippen LogP contribution is -2.43. The van der Waals surface area contributed by atoms with Gasteiger partial charge in [0.25, 0.3) is 0 Å². The number of nitrogens with zero attached hydrogens (tertiary/aromatic N) is 3. The summed E-state index contributed by atoms with van der Waals surface area (Å²) in [7, 11) is 1.60. The van der Waals surface area contributed by atoms with Crippen LogP contribution in [0.15, 0.2) is 85.1 Å². The van der Waals surface area contributed by atoms with Crippen molar-refractivity contribution in [1.29, 1.82) is 0 Å². The molecule has 1 saturated heterocycles. The summed E-state index contributed by atoms with van der Waals surface area (Å²) in [6, 6.07) is 22.7. The minimum absolute atomic E-state index is 0.101. The molecule has 40 heavy (non-hydrogen) atoms. The monoisotopic (exact) mass is 542 g/mol. The number of imidazole rings is 1. The molecule has 2 heterocycles. The van der Waals surface area contributed by atoms with Gasteiger partial charge in [-0.25, -0.2) is 9.37 Å². The molecule has 0 radical (unpaired) electrons. The van der Waals surface area contributed by atoms with Gasteiger partial charge in [0.2, 0.25) is 17.8 Å². The molecule has 8 nitrogen and oxygen atoms in total. The second-order valence-electron chi connectivity index (χ2n) is 9.64. The van der Waals surface area contributed by atoms with E-state index >= 15 is 0 Å². The maximum Gasteiger partial charge on any atom is 0.246 e. The molecular weight excluding hydrogens is 511 g/mol. The van der Waals surface area contributed by atoms with Crippen LogP contribution in [0.3, 0.4) is 0 Å². The fraction of sp³-hybridized carbons (Fsp3) is 0.258. The highest BCUT2D eigenvalue weighted by Gasteiger charge is 2.25. The van der Waals surface area contributed by atoms with Gasteiger partial charge >= 0.3 is 0 Å². The van der Waals surface area contributed by atoms with Crippen LogP contribution in [0.4, 0.5) is 10.3 Å². The van der Waals surface area contributed by atoms with Gasteiger partial charge in [-0.15, -0.1) is 0 Å². The first-order valence-corrected chi connectivity index (χ1v) is 13.2. The fourth-order valence-corrected chi connectivity index (χ4v) is 4.68. The van der Waals surface area contributed by atoms with Crippen molar-refractivity contribution in [1.82, 2.24) is 14.5 Å². The predicted octanol–water partition coefficient (Wildman–Crippen LogP) is 4.88. The van der Waals surface area contributed by atoms with Crippen LogP contribution in [-0.4, -0.2) is 59.2 Å². The Morgan fingerprint density at radius 2 is 1.82 bits per heavy atom. The number of hydrogen-bond acceptors (Lipinski definition) is 5. The number of rotatable bonds is 10. The van der Waals surface area contributed by atoms with Gasteiger partial charge in [0, 0.05) is 30.6 Å². The molecule has 2 amide bonds. The van der Waals surface area contributed by atoms with Crippen molar-refractivity contribution >= 4 is 17.8 Å². The number of amides is 2. The molecule has 0 aliphatic carbocycles. The van der Waals surface area contributed by atoms with Crippen LogP contribution < -0.4 is 10.1 Å². The average Bonchev–Trinajstić information content (AvgIpc) is 3.64. The Morgan fingerprint density at radius 3 is 2.50 bits per heavy atom. The normalized spacial score (nSPS) is 14.6. The Balaban J connectivity index is 1.38. The molecule has 1 aromatic heterocycles. The highest BCUT2D eigenvalue weighted by molar-refractivity contribution is 5.94. The van der Waals surface area contributed by atoms with E-state index in [0.717, 1.165) is 24.0 Å². The molecule has 1 fully saturated rings. The topological polar surface area (TPSA) is 85.7 Å². The first-order valence-electron chi connectivity index (χ1n) is 13.2. The molecule has 1 N–H and O–H groups in total. The molecular formula is C31H31FN4O4. The average molecular weight is 543 g/mol. The van der Waals surface area contributed by atoms with Gasteiger partial charge in [-0.1, -0.05) is 30.3 Å². The van der Waals surface area contributed by atoms with Crippen molar-refractivity contribution in [3.63, 3.8) is 0 Å². The lowest BCUT2D eigenvalue weighted by Gasteiger charge is -2.25. The van der Waals surface area contributed by atoms with Crippen molar-refractivity contribution in [2.24, 2.45) is 0 Å². The number of carbonyl (C=O) groups is 2. The van der Waals surface area contributed by atoms with Gasteiger partial charge in [0.1, 0.15) is 18.1 Å². The zero-order valence-electron chi connectivity index (χ0n) is 22.3. The third kappa shape index (κ3) is 6.73. The SMILES string of the molecule is COc1ccc(-c2cn(-c3ccc(F)cc3)c(NC(=O)CN(CC3CCCO3)C(=O)Cc3ccccc3)n2)cc1. The van der Waals surface area contributed by atoms with E-state index in [-0.39, 0.29) is 36.7 Å². The van der Waals surface area contributed by atoms with Crippen LogP contribution in [0.2, 0.25) is 0 Å². The maximum atomic E-state index is 13.6. The number of benzene rings is 3.